The van der Waals surface area contributed by atoms with Crippen LogP contribution in [0.3, 0.4) is 0 Å². The maximum absolute atomic E-state index is 13.6. The molecule has 2 rings (SSSR count). The van der Waals surface area contributed by atoms with Crippen molar-refractivity contribution in [3.05, 3.63) is 58.7 Å². The molecule has 1 atom stereocenters. The van der Waals surface area contributed by atoms with Crippen molar-refractivity contribution in [2.45, 2.75) is 71.1 Å². The van der Waals surface area contributed by atoms with E-state index in [9.17, 15) is 18.3 Å². The number of phenols is 1. The van der Waals surface area contributed by atoms with E-state index in [2.05, 4.69) is 0 Å². The lowest BCUT2D eigenvalue weighted by Gasteiger charge is -2.36. The molecule has 0 saturated carbocycles. The minimum atomic E-state index is -4.39. The molecular formula is C23H30F3OP. The predicted molar refractivity (Wildman–Crippen MR) is 113 cm³/mol. The summed E-state index contributed by atoms with van der Waals surface area (Å²) >= 11 is 0. The van der Waals surface area contributed by atoms with Gasteiger partial charge >= 0.3 is 6.18 Å². The van der Waals surface area contributed by atoms with E-state index in [0.29, 0.717) is 18.1 Å². The Kier molecular flexibility index (Phi) is 6.55. The third kappa shape index (κ3) is 4.54. The molecule has 1 unspecified atom stereocenters. The summed E-state index contributed by atoms with van der Waals surface area (Å²) in [4.78, 5) is 0. The van der Waals surface area contributed by atoms with Crippen LogP contribution < -0.4 is 5.30 Å². The zero-order chi connectivity index (χ0) is 21.3. The molecule has 0 spiro atoms. The van der Waals surface area contributed by atoms with Gasteiger partial charge in [0.05, 0.1) is 5.56 Å². The Bertz CT molecular complexity index is 831. The molecular weight excluding hydrogens is 380 g/mol. The van der Waals surface area contributed by atoms with Gasteiger partial charge in [0.1, 0.15) is 5.75 Å². The first-order valence-corrected chi connectivity index (χ1v) is 10.6. The van der Waals surface area contributed by atoms with Crippen molar-refractivity contribution in [1.29, 1.82) is 0 Å². The first-order chi connectivity index (χ1) is 12.9. The molecule has 1 nitrogen and oxygen atoms in total. The Hall–Kier alpha value is -1.54. The fraction of sp³-hybridized carbons (Fsp3) is 0.478. The van der Waals surface area contributed by atoms with Gasteiger partial charge in [-0.05, 0) is 42.1 Å². The van der Waals surface area contributed by atoms with Crippen LogP contribution in [-0.2, 0) is 16.7 Å². The summed E-state index contributed by atoms with van der Waals surface area (Å²) < 4.78 is 40.7. The van der Waals surface area contributed by atoms with Gasteiger partial charge in [0.15, 0.2) is 0 Å². The van der Waals surface area contributed by atoms with E-state index in [1.54, 1.807) is 12.1 Å². The molecule has 28 heavy (non-hydrogen) atoms. The molecule has 2 aromatic rings. The van der Waals surface area contributed by atoms with Gasteiger partial charge in [-0.1, -0.05) is 79.1 Å². The molecule has 0 saturated heterocycles. The van der Waals surface area contributed by atoms with Gasteiger partial charge in [-0.2, -0.15) is 13.2 Å². The second kappa shape index (κ2) is 8.06. The number of hydrogen-bond donors (Lipinski definition) is 1. The molecule has 1 N–H and O–H groups in total. The maximum atomic E-state index is 13.6. The molecule has 0 aromatic heterocycles. The number of aromatic hydroxyl groups is 1. The molecule has 154 valence electrons. The Morgan fingerprint density at radius 1 is 0.893 bits per heavy atom. The zero-order valence-electron chi connectivity index (χ0n) is 17.5. The lowest BCUT2D eigenvalue weighted by molar-refractivity contribution is -0.136. The van der Waals surface area contributed by atoms with Crippen LogP contribution in [0.5, 0.6) is 5.75 Å². The van der Waals surface area contributed by atoms with Crippen LogP contribution in [0.15, 0.2) is 36.4 Å². The SMILES string of the molecule is CCC(CC)(Pc1ccccc1C(F)(F)F)c1cc(C)cc(C(C)(C)C)c1O. The molecule has 0 aliphatic carbocycles. The zero-order valence-corrected chi connectivity index (χ0v) is 18.5. The quantitative estimate of drug-likeness (QED) is 0.524. The molecule has 0 aliphatic heterocycles. The van der Waals surface area contributed by atoms with E-state index in [1.165, 1.54) is 6.07 Å². The van der Waals surface area contributed by atoms with Gasteiger partial charge < -0.3 is 5.11 Å². The van der Waals surface area contributed by atoms with Crippen molar-refractivity contribution in [2.24, 2.45) is 0 Å². The van der Waals surface area contributed by atoms with Gasteiger partial charge in [0.2, 0.25) is 0 Å². The lowest BCUT2D eigenvalue weighted by Crippen LogP contribution is -2.26. The van der Waals surface area contributed by atoms with Gasteiger partial charge in [-0.25, -0.2) is 0 Å². The van der Waals surface area contributed by atoms with Crippen molar-refractivity contribution >= 4 is 13.9 Å². The smallest absolute Gasteiger partial charge is 0.417 e. The highest BCUT2D eigenvalue weighted by atomic mass is 31.1. The van der Waals surface area contributed by atoms with Gasteiger partial charge in [0, 0.05) is 10.7 Å². The molecule has 5 heteroatoms. The summed E-state index contributed by atoms with van der Waals surface area (Å²) in [6.45, 7) is 12.1. The van der Waals surface area contributed by atoms with Gasteiger partial charge in [-0.3, -0.25) is 0 Å². The summed E-state index contributed by atoms with van der Waals surface area (Å²) in [5.41, 5.74) is 1.77. The Morgan fingerprint density at radius 3 is 1.93 bits per heavy atom. The van der Waals surface area contributed by atoms with E-state index in [1.807, 2.05) is 53.7 Å². The van der Waals surface area contributed by atoms with Crippen LogP contribution in [0.4, 0.5) is 13.2 Å². The third-order valence-electron chi connectivity index (χ3n) is 5.39. The number of halogens is 3. The van der Waals surface area contributed by atoms with E-state index >= 15 is 0 Å². The minimum absolute atomic E-state index is 0.0918. The van der Waals surface area contributed by atoms with Crippen LogP contribution in [0.1, 0.15) is 69.7 Å². The molecule has 0 fully saturated rings. The van der Waals surface area contributed by atoms with E-state index in [-0.39, 0.29) is 19.7 Å². The van der Waals surface area contributed by atoms with Crippen LogP contribution >= 0.6 is 8.58 Å². The van der Waals surface area contributed by atoms with E-state index < -0.39 is 16.9 Å². The molecule has 0 aliphatic rings. The average Bonchev–Trinajstić information content (AvgIpc) is 2.60. The first kappa shape index (κ1) is 22.7. The van der Waals surface area contributed by atoms with Crippen LogP contribution in [0.2, 0.25) is 0 Å². The van der Waals surface area contributed by atoms with E-state index in [0.717, 1.165) is 22.8 Å². The molecule has 0 heterocycles. The van der Waals surface area contributed by atoms with Crippen molar-refractivity contribution < 1.29 is 18.3 Å². The first-order valence-electron chi connectivity index (χ1n) is 9.64. The number of phenolic OH excluding ortho intramolecular Hbond substituents is 1. The summed E-state index contributed by atoms with van der Waals surface area (Å²) in [5.74, 6) is 0.221. The second-order valence-corrected chi connectivity index (χ2v) is 10.2. The largest absolute Gasteiger partial charge is 0.507 e. The molecule has 0 amide bonds. The monoisotopic (exact) mass is 410 g/mol. The summed E-state index contributed by atoms with van der Waals surface area (Å²) in [7, 11) is -0.0918. The van der Waals surface area contributed by atoms with Gasteiger partial charge in [0.25, 0.3) is 0 Å². The second-order valence-electron chi connectivity index (χ2n) is 8.42. The van der Waals surface area contributed by atoms with Gasteiger partial charge in [-0.15, -0.1) is 0 Å². The number of benzene rings is 2. The number of rotatable bonds is 5. The standard InChI is InChI=1S/C23H30F3OP/c1-7-22(8-2,28-19-12-10-9-11-16(19)23(24,25)26)18-14-15(3)13-17(20(18)27)21(4,5)6/h9-14,27-28H,7-8H2,1-6H3. The Balaban J connectivity index is 2.69. The Labute approximate surface area is 168 Å². The Morgan fingerprint density at radius 2 is 1.43 bits per heavy atom. The van der Waals surface area contributed by atoms with E-state index in [4.69, 9.17) is 0 Å². The number of aryl methyl sites for hydroxylation is 1. The normalized spacial score (nSPS) is 13.5. The molecule has 0 bridgehead atoms. The highest BCUT2D eigenvalue weighted by Crippen LogP contribution is 2.52. The van der Waals surface area contributed by atoms with Crippen LogP contribution in [0.25, 0.3) is 0 Å². The molecule has 0 radical (unpaired) electrons. The molecule has 2 aromatic carbocycles. The average molecular weight is 410 g/mol. The van der Waals surface area contributed by atoms with Crippen molar-refractivity contribution in [3.63, 3.8) is 0 Å². The van der Waals surface area contributed by atoms with Crippen molar-refractivity contribution in [3.8, 4) is 5.75 Å². The summed E-state index contributed by atoms with van der Waals surface area (Å²) in [5, 5.41) is 10.9. The maximum Gasteiger partial charge on any atom is 0.417 e. The van der Waals surface area contributed by atoms with Crippen molar-refractivity contribution in [2.75, 3.05) is 0 Å². The predicted octanol–water partition coefficient (Wildman–Crippen LogP) is 7.04. The highest BCUT2D eigenvalue weighted by molar-refractivity contribution is 7.48. The highest BCUT2D eigenvalue weighted by Gasteiger charge is 2.38. The van der Waals surface area contributed by atoms with Crippen LogP contribution in [0, 0.1) is 6.92 Å². The lowest BCUT2D eigenvalue weighted by atomic mass is 9.81. The third-order valence-corrected chi connectivity index (χ3v) is 7.55. The van der Waals surface area contributed by atoms with Crippen LogP contribution in [-0.4, -0.2) is 5.11 Å². The summed E-state index contributed by atoms with van der Waals surface area (Å²) in [6, 6.07) is 9.72. The fourth-order valence-electron chi connectivity index (χ4n) is 3.69. The topological polar surface area (TPSA) is 20.2 Å². The minimum Gasteiger partial charge on any atom is -0.507 e. The number of hydrogen-bond acceptors (Lipinski definition) is 1. The summed E-state index contributed by atoms with van der Waals surface area (Å²) in [6.07, 6.45) is -3.09. The fourth-order valence-corrected chi connectivity index (χ4v) is 5.42. The number of alkyl halides is 3. The van der Waals surface area contributed by atoms with Crippen molar-refractivity contribution in [1.82, 2.24) is 0 Å².